The third-order valence-corrected chi connectivity index (χ3v) is 5.58. The van der Waals surface area contributed by atoms with Crippen LogP contribution in [0, 0.1) is 5.92 Å². The second kappa shape index (κ2) is 11.6. The number of anilines is 1. The Bertz CT molecular complexity index is 686. The Morgan fingerprint density at radius 2 is 1.97 bits per heavy atom. The maximum atomic E-state index is 5.92. The molecule has 3 atom stereocenters. The largest absolute Gasteiger partial charge is 0.374 e. The van der Waals surface area contributed by atoms with Gasteiger partial charge in [0.05, 0.1) is 24.9 Å². The van der Waals surface area contributed by atoms with E-state index in [1.165, 1.54) is 0 Å². The van der Waals surface area contributed by atoms with Crippen LogP contribution in [0.2, 0.25) is 0 Å². The van der Waals surface area contributed by atoms with Gasteiger partial charge in [0.25, 0.3) is 0 Å². The van der Waals surface area contributed by atoms with E-state index in [9.17, 15) is 0 Å². The van der Waals surface area contributed by atoms with Crippen molar-refractivity contribution in [2.75, 3.05) is 57.8 Å². The monoisotopic (exact) mass is 432 g/mol. The predicted molar refractivity (Wildman–Crippen MR) is 126 cm³/mol. The average molecular weight is 433 g/mol. The minimum absolute atomic E-state index is 0.185. The first kappa shape index (κ1) is 23.8. The van der Waals surface area contributed by atoms with E-state index < -0.39 is 0 Å². The topological polar surface area (TPSA) is 74.2 Å². The van der Waals surface area contributed by atoms with Crippen LogP contribution >= 0.6 is 0 Å². The zero-order chi connectivity index (χ0) is 22.2. The van der Waals surface area contributed by atoms with Crippen molar-refractivity contribution in [2.24, 2.45) is 10.9 Å². The second-order valence-corrected chi connectivity index (χ2v) is 9.14. The third kappa shape index (κ3) is 7.63. The molecule has 174 valence electrons. The maximum Gasteiger partial charge on any atom is 0.191 e. The Morgan fingerprint density at radius 3 is 2.61 bits per heavy atom. The molecule has 0 bridgehead atoms. The molecule has 0 aliphatic carbocycles. The SMILES string of the molecule is CN=C(NCc1ccc(N2CC(C)OC(C)C2)nc1)NCC1CN(CC(C)C)CCO1. The molecule has 1 aromatic rings. The van der Waals surface area contributed by atoms with Crippen molar-refractivity contribution in [3.8, 4) is 0 Å². The first-order chi connectivity index (χ1) is 14.9. The van der Waals surface area contributed by atoms with E-state index in [0.29, 0.717) is 12.5 Å². The van der Waals surface area contributed by atoms with Crippen molar-refractivity contribution in [1.82, 2.24) is 20.5 Å². The quantitative estimate of drug-likeness (QED) is 0.502. The molecule has 0 radical (unpaired) electrons. The standard InChI is InChI=1S/C23H40N6O2/c1-17(2)13-28-8-9-30-21(16-28)12-27-23(24-5)26-11-20-6-7-22(25-10-20)29-14-18(3)31-19(4)15-29/h6-7,10,17-19,21H,8-9,11-16H2,1-5H3,(H2,24,26,27). The van der Waals surface area contributed by atoms with E-state index in [0.717, 1.165) is 63.2 Å². The minimum Gasteiger partial charge on any atom is -0.374 e. The van der Waals surface area contributed by atoms with E-state index >= 15 is 0 Å². The molecule has 8 heteroatoms. The van der Waals surface area contributed by atoms with Crippen molar-refractivity contribution in [3.05, 3.63) is 23.9 Å². The molecule has 3 unspecified atom stereocenters. The van der Waals surface area contributed by atoms with Gasteiger partial charge in [-0.2, -0.15) is 0 Å². The number of rotatable bonds is 7. The zero-order valence-electron chi connectivity index (χ0n) is 19.8. The molecule has 2 fully saturated rings. The Kier molecular flexibility index (Phi) is 8.92. The Hall–Kier alpha value is -1.90. The van der Waals surface area contributed by atoms with Gasteiger partial charge < -0.3 is 25.0 Å². The summed E-state index contributed by atoms with van der Waals surface area (Å²) in [5.74, 6) is 2.47. The van der Waals surface area contributed by atoms with Crippen LogP contribution in [0.25, 0.3) is 0 Å². The van der Waals surface area contributed by atoms with Crippen molar-refractivity contribution in [3.63, 3.8) is 0 Å². The van der Waals surface area contributed by atoms with Crippen LogP contribution < -0.4 is 15.5 Å². The van der Waals surface area contributed by atoms with Gasteiger partial charge in [-0.1, -0.05) is 19.9 Å². The van der Waals surface area contributed by atoms with Gasteiger partial charge in [0.15, 0.2) is 5.96 Å². The third-order valence-electron chi connectivity index (χ3n) is 5.58. The summed E-state index contributed by atoms with van der Waals surface area (Å²) in [4.78, 5) is 13.8. The van der Waals surface area contributed by atoms with Gasteiger partial charge in [-0.3, -0.25) is 9.89 Å². The molecule has 0 amide bonds. The van der Waals surface area contributed by atoms with Crippen LogP contribution in [-0.4, -0.2) is 87.1 Å². The van der Waals surface area contributed by atoms with Gasteiger partial charge in [-0.05, 0) is 31.4 Å². The molecule has 8 nitrogen and oxygen atoms in total. The lowest BCUT2D eigenvalue weighted by molar-refractivity contribution is -0.0284. The van der Waals surface area contributed by atoms with Crippen LogP contribution in [0.1, 0.15) is 33.3 Å². The molecule has 0 saturated carbocycles. The summed E-state index contributed by atoms with van der Waals surface area (Å²) in [5.41, 5.74) is 1.12. The number of aromatic nitrogens is 1. The van der Waals surface area contributed by atoms with Crippen LogP contribution in [0.4, 0.5) is 5.82 Å². The van der Waals surface area contributed by atoms with Gasteiger partial charge >= 0.3 is 0 Å². The summed E-state index contributed by atoms with van der Waals surface area (Å²) in [6.07, 6.45) is 2.58. The molecule has 1 aromatic heterocycles. The fourth-order valence-corrected chi connectivity index (χ4v) is 4.28. The minimum atomic E-state index is 0.185. The number of ether oxygens (including phenoxy) is 2. The van der Waals surface area contributed by atoms with Gasteiger partial charge in [0.2, 0.25) is 0 Å². The number of nitrogens with zero attached hydrogens (tertiary/aromatic N) is 4. The van der Waals surface area contributed by atoms with E-state index in [-0.39, 0.29) is 18.3 Å². The van der Waals surface area contributed by atoms with E-state index in [1.54, 1.807) is 7.05 Å². The molecular formula is C23H40N6O2. The molecule has 31 heavy (non-hydrogen) atoms. The number of nitrogens with one attached hydrogen (secondary N) is 2. The van der Waals surface area contributed by atoms with Gasteiger partial charge in [0, 0.05) is 59.1 Å². The zero-order valence-corrected chi connectivity index (χ0v) is 19.8. The smallest absolute Gasteiger partial charge is 0.191 e. The number of hydrogen-bond donors (Lipinski definition) is 2. The Balaban J connectivity index is 1.43. The fourth-order valence-electron chi connectivity index (χ4n) is 4.28. The summed E-state index contributed by atoms with van der Waals surface area (Å²) in [7, 11) is 1.80. The second-order valence-electron chi connectivity index (χ2n) is 9.14. The van der Waals surface area contributed by atoms with Crippen LogP contribution in [0.5, 0.6) is 0 Å². The lowest BCUT2D eigenvalue weighted by Gasteiger charge is -2.36. The molecule has 3 rings (SSSR count). The molecule has 2 aliphatic heterocycles. The number of hydrogen-bond acceptors (Lipinski definition) is 6. The fraction of sp³-hybridized carbons (Fsp3) is 0.739. The lowest BCUT2D eigenvalue weighted by atomic mass is 10.2. The average Bonchev–Trinajstić information content (AvgIpc) is 2.73. The van der Waals surface area contributed by atoms with Crippen molar-refractivity contribution >= 4 is 11.8 Å². The van der Waals surface area contributed by atoms with Crippen molar-refractivity contribution < 1.29 is 9.47 Å². The summed E-state index contributed by atoms with van der Waals surface area (Å²) < 4.78 is 11.7. The molecule has 2 aliphatic rings. The van der Waals surface area contributed by atoms with Crippen LogP contribution in [0.15, 0.2) is 23.3 Å². The summed E-state index contributed by atoms with van der Waals surface area (Å²) in [6.45, 7) is 15.8. The maximum absolute atomic E-state index is 5.92. The highest BCUT2D eigenvalue weighted by Gasteiger charge is 2.23. The number of pyridine rings is 1. The summed E-state index contributed by atoms with van der Waals surface area (Å²) in [5, 5.41) is 6.78. The highest BCUT2D eigenvalue weighted by Crippen LogP contribution is 2.18. The predicted octanol–water partition coefficient (Wildman–Crippen LogP) is 1.72. The summed E-state index contributed by atoms with van der Waals surface area (Å²) >= 11 is 0. The van der Waals surface area contributed by atoms with Crippen LogP contribution in [0.3, 0.4) is 0 Å². The highest BCUT2D eigenvalue weighted by atomic mass is 16.5. The Morgan fingerprint density at radius 1 is 1.19 bits per heavy atom. The molecular weight excluding hydrogens is 392 g/mol. The molecule has 0 aromatic carbocycles. The molecule has 0 spiro atoms. The van der Waals surface area contributed by atoms with Gasteiger partial charge in [-0.25, -0.2) is 4.98 Å². The number of guanidine groups is 1. The molecule has 2 saturated heterocycles. The van der Waals surface area contributed by atoms with E-state index in [4.69, 9.17) is 9.47 Å². The van der Waals surface area contributed by atoms with Crippen molar-refractivity contribution in [1.29, 1.82) is 0 Å². The normalized spacial score (nSPS) is 25.7. The number of morpholine rings is 2. The highest BCUT2D eigenvalue weighted by molar-refractivity contribution is 5.79. The Labute approximate surface area is 187 Å². The van der Waals surface area contributed by atoms with Gasteiger partial charge in [0.1, 0.15) is 5.82 Å². The van der Waals surface area contributed by atoms with Crippen molar-refractivity contribution in [2.45, 2.75) is 52.6 Å². The molecule has 2 N–H and O–H groups in total. The first-order valence-corrected chi connectivity index (χ1v) is 11.6. The van der Waals surface area contributed by atoms with Crippen LogP contribution in [-0.2, 0) is 16.0 Å². The van der Waals surface area contributed by atoms with E-state index in [2.05, 4.69) is 70.2 Å². The number of aliphatic imine (C=N–C) groups is 1. The van der Waals surface area contributed by atoms with E-state index in [1.807, 2.05) is 6.20 Å². The van der Waals surface area contributed by atoms with Gasteiger partial charge in [-0.15, -0.1) is 0 Å². The lowest BCUT2D eigenvalue weighted by Crippen LogP contribution is -2.50. The summed E-state index contributed by atoms with van der Waals surface area (Å²) in [6, 6.07) is 4.22. The first-order valence-electron chi connectivity index (χ1n) is 11.6. The molecule has 3 heterocycles.